The number of aliphatic hydroxyl groups is 1. The summed E-state index contributed by atoms with van der Waals surface area (Å²) in [5.74, 6) is 0.0199. The van der Waals surface area contributed by atoms with Gasteiger partial charge in [-0.15, -0.1) is 0 Å². The summed E-state index contributed by atoms with van der Waals surface area (Å²) in [6.45, 7) is 7.02. The molecule has 3 N–H and O–H groups in total. The summed E-state index contributed by atoms with van der Waals surface area (Å²) in [4.78, 5) is 22.6. The molecule has 20 heavy (non-hydrogen) atoms. The van der Waals surface area contributed by atoms with Gasteiger partial charge in [0.25, 0.3) is 0 Å². The van der Waals surface area contributed by atoms with Crippen molar-refractivity contribution in [2.45, 2.75) is 58.3 Å². The molecule has 0 radical (unpaired) electrons. The highest BCUT2D eigenvalue weighted by molar-refractivity contribution is 7.99. The Morgan fingerprint density at radius 1 is 1.35 bits per heavy atom. The zero-order chi connectivity index (χ0) is 15.8. The van der Waals surface area contributed by atoms with Crippen LogP contribution in [0.5, 0.6) is 0 Å². The fourth-order valence-electron chi connectivity index (χ4n) is 1.25. The third-order valence-corrected chi connectivity index (χ3v) is 3.47. The summed E-state index contributed by atoms with van der Waals surface area (Å²) in [6, 6.07) is -0.976. The van der Waals surface area contributed by atoms with Crippen molar-refractivity contribution in [1.82, 2.24) is 5.32 Å². The number of carbonyl (C=O) groups excluding carboxylic acids is 1. The first-order chi connectivity index (χ1) is 9.15. The Morgan fingerprint density at radius 3 is 2.40 bits per heavy atom. The highest BCUT2D eigenvalue weighted by Gasteiger charge is 2.23. The fraction of sp³-hybridized carbons (Fsp3) is 0.846. The second-order valence-corrected chi connectivity index (χ2v) is 6.61. The molecule has 1 amide bonds. The van der Waals surface area contributed by atoms with E-state index in [0.717, 1.165) is 0 Å². The summed E-state index contributed by atoms with van der Waals surface area (Å²) in [5, 5.41) is 20.8. The quantitative estimate of drug-likeness (QED) is 0.592. The number of aliphatic hydroxyl groups excluding tert-OH is 1. The Morgan fingerprint density at radius 2 is 1.95 bits per heavy atom. The summed E-state index contributed by atoms with van der Waals surface area (Å²) < 4.78 is 5.02. The van der Waals surface area contributed by atoms with Crippen molar-refractivity contribution < 1.29 is 24.5 Å². The van der Waals surface area contributed by atoms with Gasteiger partial charge >= 0.3 is 12.1 Å². The van der Waals surface area contributed by atoms with Gasteiger partial charge in [-0.2, -0.15) is 11.8 Å². The smallest absolute Gasteiger partial charge is 0.408 e. The molecule has 0 aromatic rings. The van der Waals surface area contributed by atoms with E-state index in [1.165, 1.54) is 11.8 Å². The average Bonchev–Trinajstić information content (AvgIpc) is 2.29. The van der Waals surface area contributed by atoms with Crippen LogP contribution in [-0.4, -0.2) is 51.5 Å². The van der Waals surface area contributed by atoms with Gasteiger partial charge in [0.15, 0.2) is 0 Å². The van der Waals surface area contributed by atoms with Crippen molar-refractivity contribution in [3.8, 4) is 0 Å². The normalized spacial score (nSPS) is 14.4. The number of thioether (sulfide) groups is 1. The van der Waals surface area contributed by atoms with Crippen LogP contribution in [0.1, 0.15) is 40.5 Å². The summed E-state index contributed by atoms with van der Waals surface area (Å²) >= 11 is 1.47. The number of carboxylic acid groups (broad SMARTS) is 1. The van der Waals surface area contributed by atoms with Gasteiger partial charge in [0.1, 0.15) is 11.6 Å². The van der Waals surface area contributed by atoms with Crippen LogP contribution in [0.4, 0.5) is 4.79 Å². The Kier molecular flexibility index (Phi) is 8.64. The molecular weight excluding hydrogens is 282 g/mol. The molecular formula is C13H25NO5S. The third-order valence-electron chi connectivity index (χ3n) is 2.32. The highest BCUT2D eigenvalue weighted by atomic mass is 32.2. The van der Waals surface area contributed by atoms with Crippen LogP contribution in [0.3, 0.4) is 0 Å². The number of nitrogens with one attached hydrogen (secondary N) is 1. The largest absolute Gasteiger partial charge is 0.480 e. The molecule has 2 unspecified atom stereocenters. The lowest BCUT2D eigenvalue weighted by molar-refractivity contribution is -0.139. The Balaban J connectivity index is 4.11. The van der Waals surface area contributed by atoms with Crippen LogP contribution in [-0.2, 0) is 9.53 Å². The first-order valence-corrected chi connectivity index (χ1v) is 7.79. The van der Waals surface area contributed by atoms with E-state index in [1.54, 1.807) is 20.8 Å². The van der Waals surface area contributed by atoms with Crippen LogP contribution < -0.4 is 5.32 Å². The maximum atomic E-state index is 11.5. The van der Waals surface area contributed by atoms with Gasteiger partial charge in [0, 0.05) is 5.75 Å². The topological polar surface area (TPSA) is 95.9 Å². The Bertz CT molecular complexity index is 316. The first kappa shape index (κ1) is 19.1. The zero-order valence-electron chi connectivity index (χ0n) is 12.5. The number of aliphatic carboxylic acids is 1. The molecule has 0 saturated carbocycles. The number of carboxylic acids is 1. The van der Waals surface area contributed by atoms with E-state index in [2.05, 4.69) is 5.32 Å². The maximum absolute atomic E-state index is 11.5. The Hall–Kier alpha value is -0.950. The van der Waals surface area contributed by atoms with Crippen LogP contribution in [0.15, 0.2) is 0 Å². The molecule has 0 fully saturated rings. The lowest BCUT2D eigenvalue weighted by atomic mass is 10.2. The van der Waals surface area contributed by atoms with Crippen molar-refractivity contribution in [3.63, 3.8) is 0 Å². The van der Waals surface area contributed by atoms with Crippen molar-refractivity contribution in [2.75, 3.05) is 11.5 Å². The Labute approximate surface area is 124 Å². The number of carbonyl (C=O) groups is 2. The van der Waals surface area contributed by atoms with Crippen molar-refractivity contribution in [2.24, 2.45) is 0 Å². The van der Waals surface area contributed by atoms with E-state index in [-0.39, 0.29) is 12.5 Å². The van der Waals surface area contributed by atoms with Crippen LogP contribution >= 0.6 is 11.8 Å². The number of alkyl carbamates (subject to hydrolysis) is 1. The van der Waals surface area contributed by atoms with Crippen LogP contribution in [0, 0.1) is 0 Å². The number of hydrogen-bond acceptors (Lipinski definition) is 5. The van der Waals surface area contributed by atoms with Gasteiger partial charge in [0.05, 0.1) is 6.10 Å². The maximum Gasteiger partial charge on any atom is 0.408 e. The number of amides is 1. The van der Waals surface area contributed by atoms with E-state index < -0.39 is 23.7 Å². The number of hydrogen-bond donors (Lipinski definition) is 3. The minimum atomic E-state index is -1.09. The molecule has 0 rings (SSSR count). The molecule has 0 spiro atoms. The van der Waals surface area contributed by atoms with Gasteiger partial charge in [-0.25, -0.2) is 9.59 Å². The van der Waals surface area contributed by atoms with Crippen LogP contribution in [0.25, 0.3) is 0 Å². The summed E-state index contributed by atoms with van der Waals surface area (Å²) in [7, 11) is 0. The fourth-order valence-corrected chi connectivity index (χ4v) is 2.32. The first-order valence-electron chi connectivity index (χ1n) is 6.63. The third kappa shape index (κ3) is 9.91. The van der Waals surface area contributed by atoms with Gasteiger partial charge < -0.3 is 20.3 Å². The van der Waals surface area contributed by atoms with Gasteiger partial charge in [-0.05, 0) is 39.4 Å². The molecule has 0 aromatic heterocycles. The van der Waals surface area contributed by atoms with Crippen LogP contribution in [0.2, 0.25) is 0 Å². The molecule has 7 heteroatoms. The predicted molar refractivity (Wildman–Crippen MR) is 79.0 cm³/mol. The lowest BCUT2D eigenvalue weighted by Gasteiger charge is -2.22. The molecule has 0 bridgehead atoms. The SMILES string of the molecule is CCC(O)CSCCC(NC(=O)OC(C)(C)C)C(=O)O. The van der Waals surface area contributed by atoms with Gasteiger partial charge in [0.2, 0.25) is 0 Å². The minimum absolute atomic E-state index is 0.287. The molecule has 0 aliphatic heterocycles. The average molecular weight is 307 g/mol. The molecule has 118 valence electrons. The second kappa shape index (κ2) is 9.07. The summed E-state index contributed by atoms with van der Waals surface area (Å²) in [6.07, 6.45) is -0.146. The monoisotopic (exact) mass is 307 g/mol. The molecule has 2 atom stereocenters. The van der Waals surface area contributed by atoms with Gasteiger partial charge in [-0.1, -0.05) is 6.92 Å². The van der Waals surface area contributed by atoms with Crippen molar-refractivity contribution in [1.29, 1.82) is 0 Å². The molecule has 0 heterocycles. The molecule has 6 nitrogen and oxygen atoms in total. The van der Waals surface area contributed by atoms with Gasteiger partial charge in [-0.3, -0.25) is 0 Å². The molecule has 0 aliphatic carbocycles. The van der Waals surface area contributed by atoms with E-state index in [9.17, 15) is 14.7 Å². The van der Waals surface area contributed by atoms with E-state index >= 15 is 0 Å². The molecule has 0 saturated heterocycles. The number of ether oxygens (including phenoxy) is 1. The molecule has 0 aliphatic rings. The van der Waals surface area contributed by atoms with E-state index in [1.807, 2.05) is 6.92 Å². The van der Waals surface area contributed by atoms with Crippen molar-refractivity contribution in [3.05, 3.63) is 0 Å². The summed E-state index contributed by atoms with van der Waals surface area (Å²) in [5.41, 5.74) is -0.660. The van der Waals surface area contributed by atoms with E-state index in [0.29, 0.717) is 17.9 Å². The second-order valence-electron chi connectivity index (χ2n) is 5.46. The van der Waals surface area contributed by atoms with Crippen molar-refractivity contribution >= 4 is 23.8 Å². The highest BCUT2D eigenvalue weighted by Crippen LogP contribution is 2.10. The van der Waals surface area contributed by atoms with E-state index in [4.69, 9.17) is 9.84 Å². The number of rotatable bonds is 8. The minimum Gasteiger partial charge on any atom is -0.480 e. The zero-order valence-corrected chi connectivity index (χ0v) is 13.3. The predicted octanol–water partition coefficient (Wildman–Crippen LogP) is 1.86. The molecule has 0 aromatic carbocycles. The standard InChI is InChI=1S/C13H25NO5S/c1-5-9(15)8-20-7-6-10(11(16)17)14-12(18)19-13(2,3)4/h9-10,15H,5-8H2,1-4H3,(H,14,18)(H,16,17). The lowest BCUT2D eigenvalue weighted by Crippen LogP contribution is -2.43.